The Morgan fingerprint density at radius 2 is 2.25 bits per heavy atom. The van der Waals surface area contributed by atoms with Crippen molar-refractivity contribution in [3.8, 4) is 11.8 Å². The van der Waals surface area contributed by atoms with E-state index in [0.29, 0.717) is 37.1 Å². The molecule has 1 N–H and O–H groups in total. The van der Waals surface area contributed by atoms with Gasteiger partial charge in [-0.2, -0.15) is 0 Å². The van der Waals surface area contributed by atoms with Crippen LogP contribution in [0.1, 0.15) is 22.3 Å². The predicted octanol–water partition coefficient (Wildman–Crippen LogP) is 1.58. The number of nitrogens with one attached hydrogen (secondary N) is 1. The van der Waals surface area contributed by atoms with E-state index in [4.69, 9.17) is 14.2 Å². The number of rotatable bonds is 6. The molecule has 2 aromatic heterocycles. The number of methoxy groups -OCH3 is 1. The molecule has 1 atom stereocenters. The molecule has 1 aliphatic rings. The molecule has 1 unspecified atom stereocenters. The fraction of sp³-hybridized carbons (Fsp3) is 0.353. The molecule has 0 bridgehead atoms. The number of ether oxygens (including phenoxy) is 3. The number of nitrogens with zero attached hydrogens (tertiary/aromatic N) is 2. The Balaban J connectivity index is 1.57. The maximum atomic E-state index is 12.3. The van der Waals surface area contributed by atoms with E-state index in [0.717, 1.165) is 12.0 Å². The molecule has 0 spiro atoms. The number of amides is 1. The molecule has 7 heteroatoms. The van der Waals surface area contributed by atoms with Crippen LogP contribution in [-0.4, -0.2) is 42.3 Å². The quantitative estimate of drug-likeness (QED) is 0.866. The summed E-state index contributed by atoms with van der Waals surface area (Å²) in [6.45, 7) is 1.63. The fourth-order valence-corrected chi connectivity index (χ4v) is 2.31. The van der Waals surface area contributed by atoms with Gasteiger partial charge in [0.05, 0.1) is 20.3 Å². The van der Waals surface area contributed by atoms with Crippen molar-refractivity contribution >= 4 is 5.91 Å². The summed E-state index contributed by atoms with van der Waals surface area (Å²) >= 11 is 0. The van der Waals surface area contributed by atoms with E-state index >= 15 is 0 Å². The first-order valence-corrected chi connectivity index (χ1v) is 7.72. The second-order valence-electron chi connectivity index (χ2n) is 5.38. The lowest BCUT2D eigenvalue weighted by Crippen LogP contribution is -2.23. The molecular formula is C17H19N3O4. The summed E-state index contributed by atoms with van der Waals surface area (Å²) in [6, 6.07) is 6.90. The normalized spacial score (nSPS) is 16.6. The number of hydrogen-bond acceptors (Lipinski definition) is 6. The smallest absolute Gasteiger partial charge is 0.251 e. The van der Waals surface area contributed by atoms with Crippen LogP contribution in [0.2, 0.25) is 0 Å². The average Bonchev–Trinajstić information content (AvgIpc) is 3.13. The van der Waals surface area contributed by atoms with Crippen LogP contribution in [0.4, 0.5) is 0 Å². The third-order valence-corrected chi connectivity index (χ3v) is 3.63. The number of hydrogen-bond donors (Lipinski definition) is 1. The summed E-state index contributed by atoms with van der Waals surface area (Å²) in [7, 11) is 1.56. The molecule has 2 aromatic rings. The highest BCUT2D eigenvalue weighted by atomic mass is 16.5. The topological polar surface area (TPSA) is 82.6 Å². The molecular weight excluding hydrogens is 310 g/mol. The molecule has 0 aliphatic carbocycles. The van der Waals surface area contributed by atoms with Gasteiger partial charge in [0.1, 0.15) is 6.10 Å². The van der Waals surface area contributed by atoms with Crippen LogP contribution in [0.25, 0.3) is 0 Å². The van der Waals surface area contributed by atoms with E-state index in [1.54, 1.807) is 37.7 Å². The molecule has 3 rings (SSSR count). The standard InChI is InChI=1S/C17H19N3O4/c1-22-15-3-2-12(9-19-15)10-20-17(21)13-4-6-18-16(8-13)24-14-5-7-23-11-14/h2-4,6,8-9,14H,5,7,10-11H2,1H3,(H,20,21). The summed E-state index contributed by atoms with van der Waals surface area (Å²) in [6.07, 6.45) is 4.07. The lowest BCUT2D eigenvalue weighted by atomic mass is 10.2. The zero-order valence-corrected chi connectivity index (χ0v) is 13.4. The Bertz CT molecular complexity index is 684. The zero-order chi connectivity index (χ0) is 16.8. The van der Waals surface area contributed by atoms with E-state index < -0.39 is 0 Å². The highest BCUT2D eigenvalue weighted by molar-refractivity contribution is 5.94. The lowest BCUT2D eigenvalue weighted by Gasteiger charge is -2.11. The Labute approximate surface area is 140 Å². The molecule has 1 fully saturated rings. The molecule has 7 nitrogen and oxygen atoms in total. The van der Waals surface area contributed by atoms with Gasteiger partial charge in [-0.25, -0.2) is 9.97 Å². The number of aromatic nitrogens is 2. The van der Waals surface area contributed by atoms with Crippen LogP contribution in [0.5, 0.6) is 11.8 Å². The van der Waals surface area contributed by atoms with Gasteiger partial charge >= 0.3 is 0 Å². The van der Waals surface area contributed by atoms with Gasteiger partial charge in [-0.15, -0.1) is 0 Å². The van der Waals surface area contributed by atoms with Crippen molar-refractivity contribution in [3.63, 3.8) is 0 Å². The number of carbonyl (C=O) groups is 1. The summed E-state index contributed by atoms with van der Waals surface area (Å²) in [5, 5.41) is 2.85. The van der Waals surface area contributed by atoms with Crippen molar-refractivity contribution in [2.24, 2.45) is 0 Å². The number of pyridine rings is 2. The molecule has 126 valence electrons. The molecule has 1 saturated heterocycles. The van der Waals surface area contributed by atoms with Crippen LogP contribution in [-0.2, 0) is 11.3 Å². The minimum Gasteiger partial charge on any atom is -0.481 e. The first-order valence-electron chi connectivity index (χ1n) is 7.72. The van der Waals surface area contributed by atoms with Gasteiger partial charge in [-0.3, -0.25) is 4.79 Å². The summed E-state index contributed by atoms with van der Waals surface area (Å²) < 4.78 is 16.0. The van der Waals surface area contributed by atoms with Crippen molar-refractivity contribution in [2.45, 2.75) is 19.1 Å². The minimum atomic E-state index is -0.194. The first-order chi connectivity index (χ1) is 11.7. The zero-order valence-electron chi connectivity index (χ0n) is 13.4. The molecule has 3 heterocycles. The van der Waals surface area contributed by atoms with E-state index in [2.05, 4.69) is 15.3 Å². The minimum absolute atomic E-state index is 0.00110. The van der Waals surface area contributed by atoms with Crippen molar-refractivity contribution in [1.29, 1.82) is 0 Å². The summed E-state index contributed by atoms with van der Waals surface area (Å²) in [4.78, 5) is 20.5. The Morgan fingerprint density at radius 1 is 1.33 bits per heavy atom. The highest BCUT2D eigenvalue weighted by Gasteiger charge is 2.18. The fourth-order valence-electron chi connectivity index (χ4n) is 2.31. The molecule has 0 saturated carbocycles. The maximum absolute atomic E-state index is 12.3. The van der Waals surface area contributed by atoms with Crippen LogP contribution < -0.4 is 14.8 Å². The Kier molecular flexibility index (Phi) is 5.22. The van der Waals surface area contributed by atoms with Gasteiger partial charge in [-0.1, -0.05) is 6.07 Å². The van der Waals surface area contributed by atoms with E-state index in [1.165, 1.54) is 0 Å². The third-order valence-electron chi connectivity index (χ3n) is 3.63. The lowest BCUT2D eigenvalue weighted by molar-refractivity contribution is 0.0949. The second-order valence-corrected chi connectivity index (χ2v) is 5.38. The summed E-state index contributed by atoms with van der Waals surface area (Å²) in [5.74, 6) is 0.780. The molecule has 0 aromatic carbocycles. The molecule has 1 aliphatic heterocycles. The Hall–Kier alpha value is -2.67. The average molecular weight is 329 g/mol. The van der Waals surface area contributed by atoms with Crippen molar-refractivity contribution in [1.82, 2.24) is 15.3 Å². The van der Waals surface area contributed by atoms with Gasteiger partial charge in [0.2, 0.25) is 11.8 Å². The van der Waals surface area contributed by atoms with Gasteiger partial charge in [0.15, 0.2) is 0 Å². The largest absolute Gasteiger partial charge is 0.481 e. The van der Waals surface area contributed by atoms with Crippen molar-refractivity contribution in [3.05, 3.63) is 47.8 Å². The van der Waals surface area contributed by atoms with Crippen LogP contribution in [0, 0.1) is 0 Å². The molecule has 0 radical (unpaired) electrons. The van der Waals surface area contributed by atoms with E-state index in [9.17, 15) is 4.79 Å². The van der Waals surface area contributed by atoms with Crippen LogP contribution in [0.15, 0.2) is 36.7 Å². The third kappa shape index (κ3) is 4.20. The summed E-state index contributed by atoms with van der Waals surface area (Å²) in [5.41, 5.74) is 1.39. The molecule has 1 amide bonds. The van der Waals surface area contributed by atoms with Gasteiger partial charge in [0.25, 0.3) is 5.91 Å². The SMILES string of the molecule is COc1ccc(CNC(=O)c2ccnc(OC3CCOC3)c2)cn1. The number of carbonyl (C=O) groups excluding carboxylic acids is 1. The Morgan fingerprint density at radius 3 is 2.96 bits per heavy atom. The highest BCUT2D eigenvalue weighted by Crippen LogP contribution is 2.16. The predicted molar refractivity (Wildman–Crippen MR) is 86.0 cm³/mol. The second kappa shape index (κ2) is 7.74. The van der Waals surface area contributed by atoms with Crippen LogP contribution >= 0.6 is 0 Å². The van der Waals surface area contributed by atoms with E-state index in [1.807, 2.05) is 6.07 Å². The van der Waals surface area contributed by atoms with Gasteiger partial charge in [0, 0.05) is 43.1 Å². The van der Waals surface area contributed by atoms with Crippen molar-refractivity contribution in [2.75, 3.05) is 20.3 Å². The van der Waals surface area contributed by atoms with Gasteiger partial charge < -0.3 is 19.5 Å². The monoisotopic (exact) mass is 329 g/mol. The van der Waals surface area contributed by atoms with Crippen LogP contribution in [0.3, 0.4) is 0 Å². The maximum Gasteiger partial charge on any atom is 0.251 e. The molecule has 24 heavy (non-hydrogen) atoms. The van der Waals surface area contributed by atoms with Gasteiger partial charge in [-0.05, 0) is 11.6 Å². The van der Waals surface area contributed by atoms with E-state index in [-0.39, 0.29) is 12.0 Å². The first kappa shape index (κ1) is 16.2. The van der Waals surface area contributed by atoms with Crippen molar-refractivity contribution < 1.29 is 19.0 Å².